The number of rotatable bonds is 11. The molecule has 1 aromatic heterocycles. The number of amides is 1. The van der Waals surface area contributed by atoms with Gasteiger partial charge in [0.05, 0.1) is 25.3 Å². The van der Waals surface area contributed by atoms with Crippen LogP contribution in [0, 0.1) is 5.82 Å². The monoisotopic (exact) mass is 447 g/mol. The van der Waals surface area contributed by atoms with Crippen molar-refractivity contribution >= 4 is 17.2 Å². The van der Waals surface area contributed by atoms with E-state index in [1.807, 2.05) is 17.5 Å². The topological polar surface area (TPSA) is 44.8 Å². The predicted molar refractivity (Wildman–Crippen MR) is 124 cm³/mol. The minimum absolute atomic E-state index is 0.0105. The largest absolute Gasteiger partial charge is 0.377 e. The van der Waals surface area contributed by atoms with Gasteiger partial charge >= 0.3 is 0 Å². The lowest BCUT2D eigenvalue weighted by molar-refractivity contribution is -0.123. The first-order chi connectivity index (χ1) is 15.1. The summed E-state index contributed by atoms with van der Waals surface area (Å²) in [5.74, 6) is -0.286. The van der Waals surface area contributed by atoms with Crippen LogP contribution in [0.1, 0.15) is 43.2 Å². The van der Waals surface area contributed by atoms with Crippen molar-refractivity contribution in [1.29, 1.82) is 0 Å². The first kappa shape index (κ1) is 23.9. The Morgan fingerprint density at radius 2 is 1.94 bits per heavy atom. The first-order valence-electron chi connectivity index (χ1n) is 11.2. The maximum atomic E-state index is 13.3. The molecule has 3 rings (SSSR count). The summed E-state index contributed by atoms with van der Waals surface area (Å²) < 4.78 is 19.4. The fourth-order valence-electron chi connectivity index (χ4n) is 3.96. The van der Waals surface area contributed by atoms with Crippen LogP contribution in [0.3, 0.4) is 0 Å². The van der Waals surface area contributed by atoms with E-state index in [9.17, 15) is 9.18 Å². The van der Waals surface area contributed by atoms with Crippen molar-refractivity contribution in [2.45, 2.75) is 38.8 Å². The van der Waals surface area contributed by atoms with Gasteiger partial charge in [0.25, 0.3) is 0 Å². The Hall–Kier alpha value is -1.80. The molecule has 2 aromatic rings. The van der Waals surface area contributed by atoms with Gasteiger partial charge in [-0.2, -0.15) is 0 Å². The number of carbonyl (C=O) groups excluding carboxylic acids is 1. The fraction of sp³-hybridized carbons (Fsp3) is 0.542. The van der Waals surface area contributed by atoms with Crippen molar-refractivity contribution in [3.05, 3.63) is 58.0 Å². The third-order valence-corrected chi connectivity index (χ3v) is 6.83. The highest BCUT2D eigenvalue weighted by Crippen LogP contribution is 2.26. The molecule has 0 bridgehead atoms. The normalized spacial score (nSPS) is 16.5. The molecule has 31 heavy (non-hydrogen) atoms. The van der Waals surface area contributed by atoms with Crippen LogP contribution < -0.4 is 5.32 Å². The van der Waals surface area contributed by atoms with Gasteiger partial charge in [-0.1, -0.05) is 32.0 Å². The highest BCUT2D eigenvalue weighted by atomic mass is 32.1. The number of piperidine rings is 1. The van der Waals surface area contributed by atoms with Crippen LogP contribution in [0.5, 0.6) is 0 Å². The van der Waals surface area contributed by atoms with E-state index in [0.717, 1.165) is 62.6 Å². The number of halogens is 1. The Labute approximate surface area is 189 Å². The van der Waals surface area contributed by atoms with Crippen molar-refractivity contribution in [3.63, 3.8) is 0 Å². The second-order valence-corrected chi connectivity index (χ2v) is 8.92. The molecule has 0 spiro atoms. The third kappa shape index (κ3) is 7.38. The average molecular weight is 448 g/mol. The maximum absolute atomic E-state index is 13.3. The summed E-state index contributed by atoms with van der Waals surface area (Å²) in [6, 6.07) is 10.1. The van der Waals surface area contributed by atoms with E-state index >= 15 is 0 Å². The molecular weight excluding hydrogens is 413 g/mol. The van der Waals surface area contributed by atoms with Gasteiger partial charge in [-0.15, -0.1) is 11.3 Å². The fourth-order valence-corrected chi connectivity index (χ4v) is 4.76. The Kier molecular flexibility index (Phi) is 9.46. The SMILES string of the molecule is CCN(CC)CCOC1CCN(CC(=O)N[C@@H](c2ccc(F)cc2)c2cccs2)CC1. The Morgan fingerprint density at radius 3 is 2.55 bits per heavy atom. The summed E-state index contributed by atoms with van der Waals surface area (Å²) in [7, 11) is 0. The van der Waals surface area contributed by atoms with Gasteiger partial charge < -0.3 is 15.0 Å². The molecule has 1 amide bonds. The van der Waals surface area contributed by atoms with E-state index in [-0.39, 0.29) is 23.9 Å². The second-order valence-electron chi connectivity index (χ2n) is 7.94. The van der Waals surface area contributed by atoms with Crippen molar-refractivity contribution < 1.29 is 13.9 Å². The van der Waals surface area contributed by atoms with Crippen LogP contribution in [0.2, 0.25) is 0 Å². The molecule has 0 unspecified atom stereocenters. The standard InChI is InChI=1S/C24H34FN3O2S/c1-3-27(4-2)15-16-30-21-11-13-28(14-12-21)18-23(29)26-24(22-6-5-17-31-22)19-7-9-20(25)10-8-19/h5-10,17,21,24H,3-4,11-16,18H2,1-2H3,(H,26,29)/t24-/m0/s1. The number of ether oxygens (including phenoxy) is 1. The number of nitrogens with zero attached hydrogens (tertiary/aromatic N) is 2. The summed E-state index contributed by atoms with van der Waals surface area (Å²) in [6.07, 6.45) is 2.20. The molecule has 1 fully saturated rings. The molecular formula is C24H34FN3O2S. The van der Waals surface area contributed by atoms with E-state index in [4.69, 9.17) is 4.74 Å². The molecule has 0 saturated carbocycles. The van der Waals surface area contributed by atoms with Gasteiger partial charge in [-0.05, 0) is 55.1 Å². The van der Waals surface area contributed by atoms with Crippen LogP contribution in [0.25, 0.3) is 0 Å². The molecule has 1 aliphatic heterocycles. The van der Waals surface area contributed by atoms with Gasteiger partial charge in [0.2, 0.25) is 5.91 Å². The summed E-state index contributed by atoms with van der Waals surface area (Å²) in [5, 5.41) is 5.13. The van der Waals surface area contributed by atoms with Crippen LogP contribution >= 0.6 is 11.3 Å². The lowest BCUT2D eigenvalue weighted by Gasteiger charge is -2.32. The van der Waals surface area contributed by atoms with Crippen molar-refractivity contribution in [3.8, 4) is 0 Å². The lowest BCUT2D eigenvalue weighted by atomic mass is 10.0. The Morgan fingerprint density at radius 1 is 1.23 bits per heavy atom. The van der Waals surface area contributed by atoms with Crippen LogP contribution in [-0.4, -0.2) is 67.7 Å². The summed E-state index contributed by atoms with van der Waals surface area (Å²) >= 11 is 1.59. The predicted octanol–water partition coefficient (Wildman–Crippen LogP) is 3.92. The molecule has 1 aromatic carbocycles. The lowest BCUT2D eigenvalue weighted by Crippen LogP contribution is -2.44. The number of nitrogens with one attached hydrogen (secondary N) is 1. The van der Waals surface area contributed by atoms with Crippen LogP contribution in [-0.2, 0) is 9.53 Å². The molecule has 0 radical (unpaired) electrons. The van der Waals surface area contributed by atoms with Gasteiger partial charge in [-0.3, -0.25) is 9.69 Å². The zero-order valence-corrected chi connectivity index (χ0v) is 19.4. The zero-order chi connectivity index (χ0) is 22.1. The third-order valence-electron chi connectivity index (χ3n) is 5.89. The second kappa shape index (κ2) is 12.3. The molecule has 7 heteroatoms. The maximum Gasteiger partial charge on any atom is 0.234 e. The van der Waals surface area contributed by atoms with E-state index in [0.29, 0.717) is 6.54 Å². The van der Waals surface area contributed by atoms with E-state index in [1.54, 1.807) is 23.5 Å². The van der Waals surface area contributed by atoms with Crippen LogP contribution in [0.4, 0.5) is 4.39 Å². The smallest absolute Gasteiger partial charge is 0.234 e. The summed E-state index contributed by atoms with van der Waals surface area (Å²) in [4.78, 5) is 18.4. The summed E-state index contributed by atoms with van der Waals surface area (Å²) in [5.41, 5.74) is 0.887. The quantitative estimate of drug-likeness (QED) is 0.567. The minimum Gasteiger partial charge on any atom is -0.377 e. The number of thiophene rings is 1. The van der Waals surface area contributed by atoms with E-state index < -0.39 is 0 Å². The Balaban J connectivity index is 1.46. The number of likely N-dealkylation sites (N-methyl/N-ethyl adjacent to an activating group) is 1. The van der Waals surface area contributed by atoms with Crippen molar-refractivity contribution in [2.75, 3.05) is 45.9 Å². The number of likely N-dealkylation sites (tertiary alicyclic amines) is 1. The van der Waals surface area contributed by atoms with Crippen molar-refractivity contribution in [2.24, 2.45) is 0 Å². The van der Waals surface area contributed by atoms with E-state index in [1.165, 1.54) is 12.1 Å². The van der Waals surface area contributed by atoms with Crippen LogP contribution in [0.15, 0.2) is 41.8 Å². The molecule has 5 nitrogen and oxygen atoms in total. The number of hydrogen-bond acceptors (Lipinski definition) is 5. The molecule has 2 heterocycles. The minimum atomic E-state index is -0.276. The Bertz CT molecular complexity index is 773. The van der Waals surface area contributed by atoms with Gasteiger partial charge in [-0.25, -0.2) is 4.39 Å². The van der Waals surface area contributed by atoms with E-state index in [2.05, 4.69) is 29.0 Å². The number of benzene rings is 1. The first-order valence-corrected chi connectivity index (χ1v) is 12.1. The molecule has 1 aliphatic rings. The zero-order valence-electron chi connectivity index (χ0n) is 18.6. The number of carbonyl (C=O) groups is 1. The molecule has 0 aliphatic carbocycles. The van der Waals surface area contributed by atoms with Gasteiger partial charge in [0.15, 0.2) is 0 Å². The average Bonchev–Trinajstić information content (AvgIpc) is 3.32. The molecule has 1 saturated heterocycles. The van der Waals surface area contributed by atoms with Gasteiger partial charge in [0, 0.05) is 24.5 Å². The number of hydrogen-bond donors (Lipinski definition) is 1. The summed E-state index contributed by atoms with van der Waals surface area (Å²) in [6.45, 7) is 10.3. The van der Waals surface area contributed by atoms with Crippen molar-refractivity contribution in [1.82, 2.24) is 15.1 Å². The molecule has 1 atom stereocenters. The molecule has 170 valence electrons. The van der Waals surface area contributed by atoms with Gasteiger partial charge in [0.1, 0.15) is 5.82 Å². The highest BCUT2D eigenvalue weighted by molar-refractivity contribution is 7.10. The highest BCUT2D eigenvalue weighted by Gasteiger charge is 2.23. The molecule has 1 N–H and O–H groups in total.